The monoisotopic (exact) mass is 460 g/mol. The average Bonchev–Trinajstić information content (AvgIpc) is 2.87. The molecule has 6 heteroatoms. The van der Waals surface area contributed by atoms with Crippen molar-refractivity contribution in [3.63, 3.8) is 0 Å². The molecule has 1 atom stereocenters. The van der Waals surface area contributed by atoms with Crippen molar-refractivity contribution in [2.45, 2.75) is 52.0 Å². The number of hydrogen-bond donors (Lipinski definition) is 0. The number of carbonyl (C=O) groups is 3. The van der Waals surface area contributed by atoms with E-state index in [9.17, 15) is 14.4 Å². The highest BCUT2D eigenvalue weighted by molar-refractivity contribution is 5.96. The molecular formula is C28H32N2O4. The first-order chi connectivity index (χ1) is 16.5. The van der Waals surface area contributed by atoms with E-state index in [0.717, 1.165) is 37.1 Å². The van der Waals surface area contributed by atoms with Gasteiger partial charge in [0.05, 0.1) is 18.7 Å². The Hall–Kier alpha value is -3.41. The summed E-state index contributed by atoms with van der Waals surface area (Å²) in [5.41, 5.74) is 3.66. The zero-order valence-corrected chi connectivity index (χ0v) is 20.0. The molecule has 34 heavy (non-hydrogen) atoms. The largest absolute Gasteiger partial charge is 0.463 e. The van der Waals surface area contributed by atoms with Gasteiger partial charge in [-0.15, -0.1) is 0 Å². The quantitative estimate of drug-likeness (QED) is 0.588. The fourth-order valence-corrected chi connectivity index (χ4v) is 4.86. The van der Waals surface area contributed by atoms with Gasteiger partial charge in [0.15, 0.2) is 0 Å². The molecule has 0 N–H and O–H groups in total. The molecule has 2 amide bonds. The number of esters is 1. The van der Waals surface area contributed by atoms with Gasteiger partial charge < -0.3 is 14.5 Å². The lowest BCUT2D eigenvalue weighted by molar-refractivity contribution is -0.140. The summed E-state index contributed by atoms with van der Waals surface area (Å²) in [7, 11) is 0. The predicted octanol–water partition coefficient (Wildman–Crippen LogP) is 4.67. The van der Waals surface area contributed by atoms with Crippen LogP contribution in [0.5, 0.6) is 0 Å². The molecule has 0 bridgehead atoms. The van der Waals surface area contributed by atoms with Gasteiger partial charge in [0.1, 0.15) is 0 Å². The Morgan fingerprint density at radius 2 is 1.65 bits per heavy atom. The SMILES string of the molecule is CCOC(=O)C1=C(C)N(Cc2ccc(C(=O)N3CCCCC3)cc2)C(=O)CC1c1ccccc1. The van der Waals surface area contributed by atoms with E-state index in [1.165, 1.54) is 6.42 Å². The van der Waals surface area contributed by atoms with Crippen molar-refractivity contribution >= 4 is 17.8 Å². The molecule has 0 aliphatic carbocycles. The fourth-order valence-electron chi connectivity index (χ4n) is 4.86. The van der Waals surface area contributed by atoms with Gasteiger partial charge in [-0.1, -0.05) is 42.5 Å². The normalized spacial score (nSPS) is 18.8. The number of piperidine rings is 1. The van der Waals surface area contributed by atoms with Crippen LogP contribution in [-0.4, -0.2) is 47.3 Å². The van der Waals surface area contributed by atoms with Crippen LogP contribution < -0.4 is 0 Å². The Morgan fingerprint density at radius 3 is 2.29 bits per heavy atom. The Balaban J connectivity index is 1.57. The number of hydrogen-bond acceptors (Lipinski definition) is 4. The van der Waals surface area contributed by atoms with Crippen LogP contribution >= 0.6 is 0 Å². The smallest absolute Gasteiger partial charge is 0.336 e. The third kappa shape index (κ3) is 5.06. The van der Waals surface area contributed by atoms with E-state index in [2.05, 4.69) is 0 Å². The second kappa shape index (κ2) is 10.7. The molecule has 0 radical (unpaired) electrons. The summed E-state index contributed by atoms with van der Waals surface area (Å²) in [6.07, 6.45) is 3.50. The van der Waals surface area contributed by atoms with Crippen LogP contribution in [0, 0.1) is 0 Å². The number of rotatable bonds is 6. The van der Waals surface area contributed by atoms with Crippen LogP contribution in [0.2, 0.25) is 0 Å². The molecule has 2 aromatic rings. The van der Waals surface area contributed by atoms with Crippen molar-refractivity contribution in [2.75, 3.05) is 19.7 Å². The average molecular weight is 461 g/mol. The first-order valence-corrected chi connectivity index (χ1v) is 12.1. The third-order valence-corrected chi connectivity index (χ3v) is 6.71. The van der Waals surface area contributed by atoms with E-state index in [1.54, 1.807) is 11.8 Å². The van der Waals surface area contributed by atoms with E-state index in [1.807, 2.05) is 66.4 Å². The molecular weight excluding hydrogens is 428 g/mol. The topological polar surface area (TPSA) is 66.9 Å². The van der Waals surface area contributed by atoms with Crippen LogP contribution in [0.15, 0.2) is 65.9 Å². The van der Waals surface area contributed by atoms with Crippen molar-refractivity contribution in [2.24, 2.45) is 0 Å². The van der Waals surface area contributed by atoms with Gasteiger partial charge in [0, 0.05) is 36.7 Å². The molecule has 2 aromatic carbocycles. The van der Waals surface area contributed by atoms with Crippen LogP contribution in [0.1, 0.15) is 66.9 Å². The van der Waals surface area contributed by atoms with Crippen LogP contribution in [-0.2, 0) is 20.9 Å². The first-order valence-electron chi connectivity index (χ1n) is 12.1. The highest BCUT2D eigenvalue weighted by Gasteiger charge is 2.36. The number of likely N-dealkylation sites (tertiary alicyclic amines) is 1. The van der Waals surface area contributed by atoms with Crippen molar-refractivity contribution in [1.82, 2.24) is 9.80 Å². The Kier molecular flexibility index (Phi) is 7.46. The number of carbonyl (C=O) groups excluding carboxylic acids is 3. The predicted molar refractivity (Wildman–Crippen MR) is 130 cm³/mol. The van der Waals surface area contributed by atoms with Gasteiger partial charge in [0.25, 0.3) is 5.91 Å². The van der Waals surface area contributed by atoms with Gasteiger partial charge in [-0.05, 0) is 56.4 Å². The summed E-state index contributed by atoms with van der Waals surface area (Å²) in [6.45, 7) is 5.83. The van der Waals surface area contributed by atoms with Crippen LogP contribution in [0.4, 0.5) is 0 Å². The number of allylic oxidation sites excluding steroid dienone is 1. The standard InChI is InChI=1S/C28H32N2O4/c1-3-34-28(33)26-20(2)30(25(31)18-24(26)22-10-6-4-7-11-22)19-21-12-14-23(15-13-21)27(32)29-16-8-5-9-17-29/h4,6-7,10-15,24H,3,5,8-9,16-19H2,1-2H3. The Bertz CT molecular complexity index is 1070. The molecule has 0 aromatic heterocycles. The number of nitrogens with zero attached hydrogens (tertiary/aromatic N) is 2. The second-order valence-corrected chi connectivity index (χ2v) is 8.92. The van der Waals surface area contributed by atoms with Crippen molar-refractivity contribution < 1.29 is 19.1 Å². The molecule has 2 aliphatic heterocycles. The lowest BCUT2D eigenvalue weighted by Gasteiger charge is -2.34. The molecule has 0 spiro atoms. The number of amides is 2. The molecule has 4 rings (SSSR count). The Morgan fingerprint density at radius 1 is 0.971 bits per heavy atom. The lowest BCUT2D eigenvalue weighted by atomic mass is 9.83. The van der Waals surface area contributed by atoms with E-state index >= 15 is 0 Å². The van der Waals surface area contributed by atoms with E-state index < -0.39 is 0 Å². The number of benzene rings is 2. The maximum atomic E-state index is 13.2. The van der Waals surface area contributed by atoms with Crippen molar-refractivity contribution in [3.8, 4) is 0 Å². The molecule has 6 nitrogen and oxygen atoms in total. The summed E-state index contributed by atoms with van der Waals surface area (Å²) in [5, 5.41) is 0. The maximum absolute atomic E-state index is 13.2. The van der Waals surface area contributed by atoms with Gasteiger partial charge in [-0.25, -0.2) is 4.79 Å². The highest BCUT2D eigenvalue weighted by atomic mass is 16.5. The zero-order valence-electron chi connectivity index (χ0n) is 20.0. The van der Waals surface area contributed by atoms with Gasteiger partial charge in [-0.3, -0.25) is 9.59 Å². The summed E-state index contributed by atoms with van der Waals surface area (Å²) < 4.78 is 5.36. The zero-order chi connectivity index (χ0) is 24.1. The third-order valence-electron chi connectivity index (χ3n) is 6.71. The second-order valence-electron chi connectivity index (χ2n) is 8.92. The highest BCUT2D eigenvalue weighted by Crippen LogP contribution is 2.37. The Labute approximate surface area is 201 Å². The maximum Gasteiger partial charge on any atom is 0.336 e. The van der Waals surface area contributed by atoms with E-state index in [-0.39, 0.29) is 36.7 Å². The minimum absolute atomic E-state index is 0.0344. The molecule has 178 valence electrons. The molecule has 0 saturated carbocycles. The summed E-state index contributed by atoms with van der Waals surface area (Å²) in [5.74, 6) is -0.679. The van der Waals surface area contributed by atoms with Crippen molar-refractivity contribution in [3.05, 3.63) is 82.6 Å². The number of ether oxygens (including phenoxy) is 1. The summed E-state index contributed by atoms with van der Waals surface area (Å²) in [6, 6.07) is 17.1. The molecule has 1 saturated heterocycles. The molecule has 1 fully saturated rings. The molecule has 2 aliphatic rings. The molecule has 2 heterocycles. The van der Waals surface area contributed by atoms with Gasteiger partial charge in [0.2, 0.25) is 5.91 Å². The van der Waals surface area contributed by atoms with Gasteiger partial charge >= 0.3 is 5.97 Å². The van der Waals surface area contributed by atoms with Crippen molar-refractivity contribution in [1.29, 1.82) is 0 Å². The first kappa shape index (κ1) is 23.7. The van der Waals surface area contributed by atoms with Crippen LogP contribution in [0.3, 0.4) is 0 Å². The molecule has 1 unspecified atom stereocenters. The minimum atomic E-state index is -0.381. The summed E-state index contributed by atoms with van der Waals surface area (Å²) >= 11 is 0. The summed E-state index contributed by atoms with van der Waals surface area (Å²) in [4.78, 5) is 42.4. The van der Waals surface area contributed by atoms with E-state index in [4.69, 9.17) is 4.74 Å². The van der Waals surface area contributed by atoms with Gasteiger partial charge in [-0.2, -0.15) is 0 Å². The van der Waals surface area contributed by atoms with Crippen LogP contribution in [0.25, 0.3) is 0 Å². The van der Waals surface area contributed by atoms with E-state index in [0.29, 0.717) is 23.4 Å². The fraction of sp³-hybridized carbons (Fsp3) is 0.393. The minimum Gasteiger partial charge on any atom is -0.463 e. The lowest BCUT2D eigenvalue weighted by Crippen LogP contribution is -2.38.